The minimum Gasteiger partial charge on any atom is -0.462 e. The molecule has 1 aromatic carbocycles. The third-order valence-corrected chi connectivity index (χ3v) is 2.96. The van der Waals surface area contributed by atoms with Gasteiger partial charge in [-0.15, -0.1) is 0 Å². The molecule has 1 fully saturated rings. The maximum absolute atomic E-state index is 9.78. The Balaban J connectivity index is 2.09. The summed E-state index contributed by atoms with van der Waals surface area (Å²) in [6.45, 7) is 5.37. The van der Waals surface area contributed by atoms with Crippen LogP contribution in [0.25, 0.3) is 0 Å². The van der Waals surface area contributed by atoms with E-state index in [1.807, 2.05) is 6.07 Å². The highest BCUT2D eigenvalue weighted by Crippen LogP contribution is 2.24. The molecule has 99 valence electrons. The van der Waals surface area contributed by atoms with Gasteiger partial charge in [-0.3, -0.25) is 0 Å². The Morgan fingerprint density at radius 3 is 2.56 bits per heavy atom. The van der Waals surface area contributed by atoms with Crippen LogP contribution >= 0.6 is 0 Å². The molecule has 1 aromatic rings. The van der Waals surface area contributed by atoms with Crippen LogP contribution in [0.15, 0.2) is 24.3 Å². The first kappa shape index (κ1) is 13.3. The van der Waals surface area contributed by atoms with Gasteiger partial charge in [0.15, 0.2) is 0 Å². The van der Waals surface area contributed by atoms with Crippen molar-refractivity contribution in [3.05, 3.63) is 36.8 Å². The molecule has 3 N–H and O–H groups in total. The monoisotopic (exact) mass is 253 g/mol. The smallest absolute Gasteiger partial charge is 0.229 e. The van der Waals surface area contributed by atoms with Crippen LogP contribution in [0.3, 0.4) is 0 Å². The number of hydrogen-bond donors (Lipinski definition) is 3. The van der Waals surface area contributed by atoms with Crippen molar-refractivity contribution < 1.29 is 24.8 Å². The topological polar surface area (TPSA) is 79.2 Å². The van der Waals surface area contributed by atoms with E-state index in [1.165, 1.54) is 0 Å². The lowest BCUT2D eigenvalue weighted by Crippen LogP contribution is -2.58. The summed E-state index contributed by atoms with van der Waals surface area (Å²) >= 11 is 0. The molecule has 1 aliphatic rings. The molecule has 18 heavy (non-hydrogen) atoms. The second-order valence-electron chi connectivity index (χ2n) is 4.45. The summed E-state index contributed by atoms with van der Waals surface area (Å²) in [7, 11) is 0. The first-order valence-corrected chi connectivity index (χ1v) is 5.77. The average molecular weight is 253 g/mol. The molecule has 0 bridgehead atoms. The highest BCUT2D eigenvalue weighted by molar-refractivity contribution is 5.30. The number of ether oxygens (including phenoxy) is 2. The van der Waals surface area contributed by atoms with Crippen LogP contribution in [0.1, 0.15) is 12.5 Å². The Bertz CT molecular complexity index is 408. The molecular formula is C13H17O5. The van der Waals surface area contributed by atoms with Gasteiger partial charge in [-0.1, -0.05) is 12.1 Å². The van der Waals surface area contributed by atoms with Crippen molar-refractivity contribution in [3.63, 3.8) is 0 Å². The van der Waals surface area contributed by atoms with Crippen molar-refractivity contribution in [1.29, 1.82) is 0 Å². The molecule has 1 aliphatic heterocycles. The van der Waals surface area contributed by atoms with Crippen LogP contribution in [0.2, 0.25) is 0 Å². The lowest BCUT2D eigenvalue weighted by Gasteiger charge is -2.38. The lowest BCUT2D eigenvalue weighted by molar-refractivity contribution is -0.268. The second-order valence-corrected chi connectivity index (χ2v) is 4.45. The molecule has 0 aliphatic carbocycles. The van der Waals surface area contributed by atoms with Crippen molar-refractivity contribution in [3.8, 4) is 5.75 Å². The molecular weight excluding hydrogens is 236 g/mol. The standard InChI is InChI=1S/C13H17O5/c1-7-4-3-5-9(6-7)18-13-12(16)11(15)10(14)8(2)17-13/h3-6,8,10-16H,1H2,2H3/t8-,10-,11+,12+,13-/m0/s1. The fourth-order valence-electron chi connectivity index (χ4n) is 1.86. The maximum Gasteiger partial charge on any atom is 0.229 e. The van der Waals surface area contributed by atoms with E-state index in [-0.39, 0.29) is 0 Å². The summed E-state index contributed by atoms with van der Waals surface area (Å²) in [6, 6.07) is 6.97. The first-order chi connectivity index (χ1) is 8.49. The summed E-state index contributed by atoms with van der Waals surface area (Å²) in [5.74, 6) is 0.488. The highest BCUT2D eigenvalue weighted by atomic mass is 16.7. The maximum atomic E-state index is 9.78. The van der Waals surface area contributed by atoms with Gasteiger partial charge in [0.2, 0.25) is 6.29 Å². The second kappa shape index (κ2) is 5.24. The van der Waals surface area contributed by atoms with E-state index in [1.54, 1.807) is 25.1 Å². The molecule has 5 heteroatoms. The van der Waals surface area contributed by atoms with E-state index in [2.05, 4.69) is 6.92 Å². The van der Waals surface area contributed by atoms with E-state index in [0.717, 1.165) is 5.56 Å². The summed E-state index contributed by atoms with van der Waals surface area (Å²) in [5, 5.41) is 29.0. The molecule has 0 unspecified atom stereocenters. The van der Waals surface area contributed by atoms with Crippen molar-refractivity contribution in [2.75, 3.05) is 0 Å². The largest absolute Gasteiger partial charge is 0.462 e. The molecule has 0 spiro atoms. The van der Waals surface area contributed by atoms with Gasteiger partial charge in [0.1, 0.15) is 24.1 Å². The number of hydrogen-bond acceptors (Lipinski definition) is 5. The third-order valence-electron chi connectivity index (χ3n) is 2.96. The number of aliphatic hydroxyl groups is 3. The average Bonchev–Trinajstić information content (AvgIpc) is 2.33. The van der Waals surface area contributed by atoms with E-state index >= 15 is 0 Å². The number of benzene rings is 1. The fourth-order valence-corrected chi connectivity index (χ4v) is 1.86. The number of aliphatic hydroxyl groups excluding tert-OH is 3. The molecule has 5 atom stereocenters. The van der Waals surface area contributed by atoms with Crippen LogP contribution in [-0.4, -0.2) is 46.0 Å². The predicted molar refractivity (Wildman–Crippen MR) is 63.9 cm³/mol. The van der Waals surface area contributed by atoms with Crippen molar-refractivity contribution >= 4 is 0 Å². The van der Waals surface area contributed by atoms with Gasteiger partial charge >= 0.3 is 0 Å². The highest BCUT2D eigenvalue weighted by Gasteiger charge is 2.43. The van der Waals surface area contributed by atoms with E-state index < -0.39 is 30.7 Å². The summed E-state index contributed by atoms with van der Waals surface area (Å²) < 4.78 is 10.8. The van der Waals surface area contributed by atoms with Gasteiger partial charge in [0.25, 0.3) is 0 Å². The minimum atomic E-state index is -1.30. The lowest BCUT2D eigenvalue weighted by atomic mass is 10.00. The Hall–Kier alpha value is -1.14. The fraction of sp³-hybridized carbons (Fsp3) is 0.462. The van der Waals surface area contributed by atoms with Crippen molar-refractivity contribution in [2.24, 2.45) is 0 Å². The van der Waals surface area contributed by atoms with Gasteiger partial charge in [0, 0.05) is 0 Å². The zero-order chi connectivity index (χ0) is 13.3. The van der Waals surface area contributed by atoms with Crippen LogP contribution in [0.4, 0.5) is 0 Å². The molecule has 1 heterocycles. The van der Waals surface area contributed by atoms with Gasteiger partial charge in [-0.05, 0) is 31.5 Å². The molecule has 2 rings (SSSR count). The molecule has 1 radical (unpaired) electrons. The Kier molecular flexibility index (Phi) is 3.87. The van der Waals surface area contributed by atoms with Crippen LogP contribution < -0.4 is 4.74 Å². The van der Waals surface area contributed by atoms with Crippen molar-refractivity contribution in [1.82, 2.24) is 0 Å². The number of rotatable bonds is 2. The minimum absolute atomic E-state index is 0.488. The van der Waals surface area contributed by atoms with Gasteiger partial charge < -0.3 is 24.8 Å². The van der Waals surface area contributed by atoms with E-state index in [0.29, 0.717) is 5.75 Å². The van der Waals surface area contributed by atoms with Gasteiger partial charge in [-0.2, -0.15) is 0 Å². The summed E-state index contributed by atoms with van der Waals surface area (Å²) in [6.07, 6.45) is -5.35. The zero-order valence-electron chi connectivity index (χ0n) is 10.1. The molecule has 0 amide bonds. The Labute approximate surface area is 106 Å². The van der Waals surface area contributed by atoms with E-state index in [4.69, 9.17) is 9.47 Å². The molecule has 0 saturated carbocycles. The third kappa shape index (κ3) is 2.64. The Morgan fingerprint density at radius 2 is 1.89 bits per heavy atom. The van der Waals surface area contributed by atoms with Crippen LogP contribution in [-0.2, 0) is 4.74 Å². The molecule has 0 aromatic heterocycles. The summed E-state index contributed by atoms with van der Waals surface area (Å²) in [4.78, 5) is 0. The van der Waals surface area contributed by atoms with Crippen LogP contribution in [0.5, 0.6) is 5.75 Å². The van der Waals surface area contributed by atoms with Gasteiger partial charge in [0.05, 0.1) is 6.10 Å². The quantitative estimate of drug-likeness (QED) is 0.695. The summed E-state index contributed by atoms with van der Waals surface area (Å²) in [5.41, 5.74) is 0.770. The molecule has 5 nitrogen and oxygen atoms in total. The predicted octanol–water partition coefficient (Wildman–Crippen LogP) is 0.0751. The first-order valence-electron chi connectivity index (χ1n) is 5.77. The van der Waals surface area contributed by atoms with Crippen molar-refractivity contribution in [2.45, 2.75) is 37.6 Å². The van der Waals surface area contributed by atoms with Crippen LogP contribution in [0, 0.1) is 6.92 Å². The van der Waals surface area contributed by atoms with Gasteiger partial charge in [-0.25, -0.2) is 0 Å². The molecule has 1 saturated heterocycles. The SMILES string of the molecule is [CH2]c1cccc(O[C@@H]2O[C@@H](C)[C@H](O)[C@@H](O)[C@H]2O)c1. The zero-order valence-corrected chi connectivity index (χ0v) is 10.1. The normalized spacial score (nSPS) is 36.4. The van der Waals surface area contributed by atoms with E-state index in [9.17, 15) is 15.3 Å². The Morgan fingerprint density at radius 1 is 1.17 bits per heavy atom.